The average Bonchev–Trinajstić information content (AvgIpc) is 2.49. The van der Waals surface area contributed by atoms with Crippen LogP contribution in [0.4, 0.5) is 0 Å². The number of rotatable bonds is 5. The van der Waals surface area contributed by atoms with Gasteiger partial charge >= 0.3 is 5.97 Å². The van der Waals surface area contributed by atoms with Crippen LogP contribution < -0.4 is 4.74 Å². The number of aromatic carboxylic acids is 1. The van der Waals surface area contributed by atoms with E-state index in [9.17, 15) is 9.90 Å². The van der Waals surface area contributed by atoms with Gasteiger partial charge in [-0.3, -0.25) is 4.90 Å². The molecule has 1 heterocycles. The lowest BCUT2D eigenvalue weighted by molar-refractivity contribution is -0.00746. The second-order valence-corrected chi connectivity index (χ2v) is 5.62. The Hall–Kier alpha value is -1.59. The van der Waals surface area contributed by atoms with Crippen molar-refractivity contribution in [3.8, 4) is 5.75 Å². The lowest BCUT2D eigenvalue weighted by Crippen LogP contribution is -2.43. The summed E-state index contributed by atoms with van der Waals surface area (Å²) in [4.78, 5) is 13.6. The summed E-state index contributed by atoms with van der Waals surface area (Å²) in [6, 6.07) is 5.34. The van der Waals surface area contributed by atoms with E-state index in [1.807, 2.05) is 6.07 Å². The molecule has 1 aromatic rings. The average molecular weight is 293 g/mol. The van der Waals surface area contributed by atoms with Crippen LogP contribution in [0.1, 0.15) is 29.3 Å². The Balaban J connectivity index is 2.09. The van der Waals surface area contributed by atoms with Crippen LogP contribution in [0.5, 0.6) is 5.75 Å². The highest BCUT2D eigenvalue weighted by Gasteiger charge is 2.26. The van der Waals surface area contributed by atoms with E-state index in [-0.39, 0.29) is 11.7 Å². The summed E-state index contributed by atoms with van der Waals surface area (Å²) in [5.41, 5.74) is 1.20. The highest BCUT2D eigenvalue weighted by atomic mass is 16.5. The van der Waals surface area contributed by atoms with Crippen molar-refractivity contribution in [3.63, 3.8) is 0 Å². The molecule has 1 N–H and O–H groups in total. The minimum Gasteiger partial charge on any atom is -0.496 e. The first-order chi connectivity index (χ1) is 10.0. The van der Waals surface area contributed by atoms with Crippen molar-refractivity contribution in [1.82, 2.24) is 4.90 Å². The monoisotopic (exact) mass is 293 g/mol. The Morgan fingerprint density at radius 2 is 2.19 bits per heavy atom. The number of carboxylic acid groups (broad SMARTS) is 1. The molecule has 0 aromatic heterocycles. The van der Waals surface area contributed by atoms with Crippen LogP contribution >= 0.6 is 0 Å². The van der Waals surface area contributed by atoms with E-state index in [4.69, 9.17) is 9.47 Å². The Kier molecular flexibility index (Phi) is 5.20. The van der Waals surface area contributed by atoms with Gasteiger partial charge in [0.05, 0.1) is 13.2 Å². The first-order valence-corrected chi connectivity index (χ1v) is 7.20. The molecule has 0 saturated carbocycles. The van der Waals surface area contributed by atoms with Gasteiger partial charge in [-0.2, -0.15) is 0 Å². The predicted octanol–water partition coefficient (Wildman–Crippen LogP) is 2.25. The van der Waals surface area contributed by atoms with E-state index in [1.165, 1.54) is 7.11 Å². The first kappa shape index (κ1) is 15.8. The number of likely N-dealkylation sites (tertiary alicyclic amines) is 1. The molecule has 2 rings (SSSR count). The molecule has 0 bridgehead atoms. The zero-order valence-electron chi connectivity index (χ0n) is 12.8. The third-order valence-electron chi connectivity index (χ3n) is 4.18. The van der Waals surface area contributed by atoms with Gasteiger partial charge in [0.2, 0.25) is 0 Å². The minimum atomic E-state index is -0.962. The fourth-order valence-corrected chi connectivity index (χ4v) is 2.83. The van der Waals surface area contributed by atoms with Gasteiger partial charge in [-0.15, -0.1) is 0 Å². The smallest absolute Gasteiger partial charge is 0.339 e. The molecule has 0 aliphatic carbocycles. The summed E-state index contributed by atoms with van der Waals surface area (Å²) >= 11 is 0. The van der Waals surface area contributed by atoms with E-state index in [0.717, 1.165) is 31.6 Å². The van der Waals surface area contributed by atoms with Crippen LogP contribution in [-0.4, -0.2) is 49.4 Å². The number of hydrogen-bond donors (Lipinski definition) is 1. The van der Waals surface area contributed by atoms with Gasteiger partial charge in [-0.1, -0.05) is 13.0 Å². The molecule has 1 aromatic carbocycles. The predicted molar refractivity (Wildman–Crippen MR) is 79.8 cm³/mol. The number of ether oxygens (including phenoxy) is 2. The van der Waals surface area contributed by atoms with Gasteiger partial charge in [-0.05, 0) is 36.6 Å². The van der Waals surface area contributed by atoms with Crippen molar-refractivity contribution in [2.75, 3.05) is 27.3 Å². The fourth-order valence-electron chi connectivity index (χ4n) is 2.83. The van der Waals surface area contributed by atoms with Crippen LogP contribution in [0.25, 0.3) is 0 Å². The standard InChI is InChI=1S/C16H23NO4/c1-11-6-7-17(10-15(11)21-3)9-12-4-5-14(20-2)13(8-12)16(18)19/h4-5,8,11,15H,6-7,9-10H2,1-3H3,(H,18,19). The Bertz CT molecular complexity index is 503. The van der Waals surface area contributed by atoms with Gasteiger partial charge in [0, 0.05) is 20.2 Å². The van der Waals surface area contributed by atoms with Gasteiger partial charge in [0.1, 0.15) is 11.3 Å². The number of benzene rings is 1. The molecule has 5 nitrogen and oxygen atoms in total. The number of nitrogens with zero attached hydrogens (tertiary/aromatic N) is 1. The number of carbonyl (C=O) groups is 1. The Morgan fingerprint density at radius 3 is 2.81 bits per heavy atom. The molecule has 2 unspecified atom stereocenters. The molecule has 21 heavy (non-hydrogen) atoms. The molecule has 5 heteroatoms. The third kappa shape index (κ3) is 3.74. The van der Waals surface area contributed by atoms with Crippen LogP contribution in [0.2, 0.25) is 0 Å². The van der Waals surface area contributed by atoms with E-state index >= 15 is 0 Å². The molecule has 2 atom stereocenters. The maximum Gasteiger partial charge on any atom is 0.339 e. The second kappa shape index (κ2) is 6.91. The van der Waals surface area contributed by atoms with Gasteiger partial charge < -0.3 is 14.6 Å². The van der Waals surface area contributed by atoms with Gasteiger partial charge in [-0.25, -0.2) is 4.79 Å². The SMILES string of the molecule is COc1ccc(CN2CCC(C)C(OC)C2)cc1C(=O)O. The van der Waals surface area contributed by atoms with Gasteiger partial charge in [0.25, 0.3) is 0 Å². The minimum absolute atomic E-state index is 0.212. The third-order valence-corrected chi connectivity index (χ3v) is 4.18. The largest absolute Gasteiger partial charge is 0.496 e. The molecule has 1 saturated heterocycles. The van der Waals surface area contributed by atoms with Crippen molar-refractivity contribution >= 4 is 5.97 Å². The molecule has 1 aliphatic rings. The number of methoxy groups -OCH3 is 2. The lowest BCUT2D eigenvalue weighted by atomic mass is 9.95. The maximum atomic E-state index is 11.3. The zero-order valence-corrected chi connectivity index (χ0v) is 12.8. The molecule has 0 amide bonds. The van der Waals surface area contributed by atoms with E-state index in [2.05, 4.69) is 11.8 Å². The van der Waals surface area contributed by atoms with Crippen molar-refractivity contribution in [3.05, 3.63) is 29.3 Å². The second-order valence-electron chi connectivity index (χ2n) is 5.62. The van der Waals surface area contributed by atoms with Crippen LogP contribution in [0, 0.1) is 5.92 Å². The van der Waals surface area contributed by atoms with Crippen molar-refractivity contribution < 1.29 is 19.4 Å². The summed E-state index contributed by atoms with van der Waals surface area (Å²) in [6.45, 7) is 4.83. The molecular weight excluding hydrogens is 270 g/mol. The molecular formula is C16H23NO4. The maximum absolute atomic E-state index is 11.3. The van der Waals surface area contributed by atoms with Crippen LogP contribution in [-0.2, 0) is 11.3 Å². The molecule has 0 radical (unpaired) electrons. The zero-order chi connectivity index (χ0) is 15.4. The molecule has 1 aliphatic heterocycles. The van der Waals surface area contributed by atoms with Crippen molar-refractivity contribution in [2.45, 2.75) is 26.0 Å². The molecule has 1 fully saturated rings. The van der Waals surface area contributed by atoms with E-state index in [1.54, 1.807) is 19.2 Å². The summed E-state index contributed by atoms with van der Waals surface area (Å²) in [5.74, 6) is 0.000664. The molecule has 0 spiro atoms. The lowest BCUT2D eigenvalue weighted by Gasteiger charge is -2.36. The highest BCUT2D eigenvalue weighted by Crippen LogP contribution is 2.24. The first-order valence-electron chi connectivity index (χ1n) is 7.20. The summed E-state index contributed by atoms with van der Waals surface area (Å²) in [6.07, 6.45) is 1.34. The fraction of sp³-hybridized carbons (Fsp3) is 0.562. The highest BCUT2D eigenvalue weighted by molar-refractivity contribution is 5.91. The number of carboxylic acids is 1. The van der Waals surface area contributed by atoms with Crippen LogP contribution in [0.3, 0.4) is 0 Å². The quantitative estimate of drug-likeness (QED) is 0.902. The summed E-state index contributed by atoms with van der Waals surface area (Å²) in [5, 5.41) is 9.23. The van der Waals surface area contributed by atoms with Crippen molar-refractivity contribution in [1.29, 1.82) is 0 Å². The van der Waals surface area contributed by atoms with E-state index in [0.29, 0.717) is 11.7 Å². The molecule has 116 valence electrons. The van der Waals surface area contributed by atoms with E-state index < -0.39 is 5.97 Å². The van der Waals surface area contributed by atoms with Crippen molar-refractivity contribution in [2.24, 2.45) is 5.92 Å². The van der Waals surface area contributed by atoms with Crippen LogP contribution in [0.15, 0.2) is 18.2 Å². The normalized spacial score (nSPS) is 23.0. The number of hydrogen-bond acceptors (Lipinski definition) is 4. The number of piperidine rings is 1. The summed E-state index contributed by atoms with van der Waals surface area (Å²) in [7, 11) is 3.23. The Morgan fingerprint density at radius 1 is 1.43 bits per heavy atom. The van der Waals surface area contributed by atoms with Gasteiger partial charge in [0.15, 0.2) is 0 Å². The Labute approximate surface area is 125 Å². The summed E-state index contributed by atoms with van der Waals surface area (Å²) < 4.78 is 10.6. The topological polar surface area (TPSA) is 59.0 Å².